The van der Waals surface area contributed by atoms with Gasteiger partial charge in [0.2, 0.25) is 0 Å². The molecule has 0 nitrogen and oxygen atoms in total. The zero-order chi connectivity index (χ0) is 9.52. The lowest BCUT2D eigenvalue weighted by Crippen LogP contribution is -1.87. The molecular weight excluding hydrogens is 203 g/mol. The summed E-state index contributed by atoms with van der Waals surface area (Å²) in [6.45, 7) is 0. The highest BCUT2D eigenvalue weighted by Crippen LogP contribution is 2.09. The minimum absolute atomic E-state index is 0.599. The molecule has 1 aromatic rings. The molecule has 0 spiro atoms. The van der Waals surface area contributed by atoms with Crippen LogP contribution in [0.4, 0.5) is 0 Å². The van der Waals surface area contributed by atoms with Crippen LogP contribution in [-0.2, 0) is 12.3 Å². The van der Waals surface area contributed by atoms with Crippen LogP contribution < -0.4 is 0 Å². The van der Waals surface area contributed by atoms with Gasteiger partial charge >= 0.3 is 0 Å². The van der Waals surface area contributed by atoms with Crippen LogP contribution in [0.25, 0.3) is 0 Å². The van der Waals surface area contributed by atoms with E-state index in [4.69, 9.17) is 23.2 Å². The fourth-order valence-corrected chi connectivity index (χ4v) is 1.59. The van der Waals surface area contributed by atoms with Gasteiger partial charge in [0.1, 0.15) is 0 Å². The predicted molar refractivity (Wildman–Crippen MR) is 59.7 cm³/mol. The number of aryl methyl sites for hydroxylation is 1. The Balaban J connectivity index is 2.40. The number of halogens is 2. The zero-order valence-corrected chi connectivity index (χ0v) is 9.11. The van der Waals surface area contributed by atoms with Crippen molar-refractivity contribution < 1.29 is 0 Å². The first kappa shape index (κ1) is 10.9. The first-order valence-electron chi connectivity index (χ1n) is 4.56. The van der Waals surface area contributed by atoms with Gasteiger partial charge in [0.05, 0.1) is 0 Å². The monoisotopic (exact) mass is 216 g/mol. The lowest BCUT2D eigenvalue weighted by molar-refractivity contribution is 0.799. The topological polar surface area (TPSA) is 0 Å². The summed E-state index contributed by atoms with van der Waals surface area (Å²) in [5, 5.41) is 0. The molecule has 0 aliphatic rings. The molecule has 72 valence electrons. The van der Waals surface area contributed by atoms with E-state index < -0.39 is 0 Å². The van der Waals surface area contributed by atoms with Crippen molar-refractivity contribution in [1.82, 2.24) is 0 Å². The van der Waals surface area contributed by atoms with Gasteiger partial charge in [-0.25, -0.2) is 0 Å². The van der Waals surface area contributed by atoms with Crippen LogP contribution in [0.2, 0.25) is 0 Å². The van der Waals surface area contributed by atoms with Crippen molar-refractivity contribution in [3.63, 3.8) is 0 Å². The smallest absolute Gasteiger partial charge is 0.0474 e. The largest absolute Gasteiger partial charge is 0.127 e. The van der Waals surface area contributed by atoms with E-state index in [0.29, 0.717) is 5.88 Å². The fourth-order valence-electron chi connectivity index (χ4n) is 1.22. The molecule has 0 aliphatic heterocycles. The van der Waals surface area contributed by atoms with E-state index in [0.717, 1.165) is 18.7 Å². The van der Waals surface area contributed by atoms with E-state index in [2.05, 4.69) is 24.3 Å². The molecule has 0 N–H and O–H groups in total. The Morgan fingerprint density at radius 3 is 2.00 bits per heavy atom. The van der Waals surface area contributed by atoms with Gasteiger partial charge in [-0.3, -0.25) is 0 Å². The molecule has 0 saturated carbocycles. The highest BCUT2D eigenvalue weighted by molar-refractivity contribution is 6.17. The maximum absolute atomic E-state index is 5.69. The van der Waals surface area contributed by atoms with Crippen LogP contribution in [0.5, 0.6) is 0 Å². The molecule has 0 radical (unpaired) electrons. The molecule has 0 fully saturated rings. The van der Waals surface area contributed by atoms with Crippen LogP contribution in [0, 0.1) is 0 Å². The minimum Gasteiger partial charge on any atom is -0.127 e. The molecule has 0 heterocycles. The van der Waals surface area contributed by atoms with Gasteiger partial charge in [-0.1, -0.05) is 24.3 Å². The summed E-state index contributed by atoms with van der Waals surface area (Å²) in [7, 11) is 0. The SMILES string of the molecule is ClCCCCc1ccc(CCl)cc1. The maximum atomic E-state index is 5.69. The summed E-state index contributed by atoms with van der Waals surface area (Å²) >= 11 is 11.3. The fraction of sp³-hybridized carbons (Fsp3) is 0.455. The molecule has 0 amide bonds. The van der Waals surface area contributed by atoms with Crippen LogP contribution in [-0.4, -0.2) is 5.88 Å². The van der Waals surface area contributed by atoms with Gasteiger partial charge in [-0.15, -0.1) is 23.2 Å². The molecule has 1 aromatic carbocycles. The van der Waals surface area contributed by atoms with Gasteiger partial charge in [-0.05, 0) is 30.4 Å². The third-order valence-corrected chi connectivity index (χ3v) is 2.60. The quantitative estimate of drug-likeness (QED) is 0.516. The van der Waals surface area contributed by atoms with Gasteiger partial charge in [-0.2, -0.15) is 0 Å². The third-order valence-electron chi connectivity index (χ3n) is 2.03. The van der Waals surface area contributed by atoms with Crippen LogP contribution >= 0.6 is 23.2 Å². The number of benzene rings is 1. The summed E-state index contributed by atoms with van der Waals surface area (Å²) in [6.07, 6.45) is 3.39. The molecule has 1 rings (SSSR count). The molecule has 2 heteroatoms. The number of rotatable bonds is 5. The van der Waals surface area contributed by atoms with Crippen LogP contribution in [0.15, 0.2) is 24.3 Å². The van der Waals surface area contributed by atoms with Gasteiger partial charge < -0.3 is 0 Å². The highest BCUT2D eigenvalue weighted by Gasteiger charge is 1.93. The number of hydrogen-bond acceptors (Lipinski definition) is 0. The van der Waals surface area contributed by atoms with Crippen molar-refractivity contribution in [3.05, 3.63) is 35.4 Å². The average molecular weight is 217 g/mol. The number of alkyl halides is 2. The van der Waals surface area contributed by atoms with Crippen molar-refractivity contribution in [2.45, 2.75) is 25.1 Å². The number of hydrogen-bond donors (Lipinski definition) is 0. The maximum Gasteiger partial charge on any atom is 0.0474 e. The summed E-state index contributed by atoms with van der Waals surface area (Å²) in [5.41, 5.74) is 2.56. The lowest BCUT2D eigenvalue weighted by atomic mass is 10.1. The Labute approximate surface area is 89.9 Å². The van der Waals surface area contributed by atoms with Crippen molar-refractivity contribution >= 4 is 23.2 Å². The Bertz CT molecular complexity index is 228. The third kappa shape index (κ3) is 4.02. The number of unbranched alkanes of at least 4 members (excludes halogenated alkanes) is 1. The van der Waals surface area contributed by atoms with E-state index >= 15 is 0 Å². The van der Waals surface area contributed by atoms with E-state index in [1.165, 1.54) is 17.5 Å². The Hall–Kier alpha value is -0.200. The molecule has 0 bridgehead atoms. The van der Waals surface area contributed by atoms with E-state index in [9.17, 15) is 0 Å². The summed E-state index contributed by atoms with van der Waals surface area (Å²) in [5.74, 6) is 1.36. The predicted octanol–water partition coefficient (Wildman–Crippen LogP) is 3.99. The van der Waals surface area contributed by atoms with E-state index in [1.54, 1.807) is 0 Å². The Kier molecular flexibility index (Phi) is 5.26. The second-order valence-corrected chi connectivity index (χ2v) is 3.74. The molecule has 0 saturated heterocycles. The van der Waals surface area contributed by atoms with Crippen LogP contribution in [0.3, 0.4) is 0 Å². The van der Waals surface area contributed by atoms with E-state index in [-0.39, 0.29) is 0 Å². The van der Waals surface area contributed by atoms with Crippen molar-refractivity contribution in [3.8, 4) is 0 Å². The second kappa shape index (κ2) is 6.28. The molecule has 0 aromatic heterocycles. The normalized spacial score (nSPS) is 10.3. The highest BCUT2D eigenvalue weighted by atomic mass is 35.5. The molecule has 13 heavy (non-hydrogen) atoms. The van der Waals surface area contributed by atoms with E-state index in [1.807, 2.05) is 0 Å². The van der Waals surface area contributed by atoms with Crippen molar-refractivity contribution in [2.24, 2.45) is 0 Å². The first-order chi connectivity index (χ1) is 6.36. The van der Waals surface area contributed by atoms with Crippen molar-refractivity contribution in [2.75, 3.05) is 5.88 Å². The molecule has 0 atom stereocenters. The molecule has 0 aliphatic carbocycles. The average Bonchev–Trinajstić information content (AvgIpc) is 2.19. The standard InChI is InChI=1S/C11H14Cl2/c12-8-2-1-3-10-4-6-11(9-13)7-5-10/h4-7H,1-3,8-9H2. The van der Waals surface area contributed by atoms with Gasteiger partial charge in [0, 0.05) is 11.8 Å². The van der Waals surface area contributed by atoms with Crippen molar-refractivity contribution in [1.29, 1.82) is 0 Å². The first-order valence-corrected chi connectivity index (χ1v) is 5.63. The van der Waals surface area contributed by atoms with Gasteiger partial charge in [0.25, 0.3) is 0 Å². The summed E-state index contributed by atoms with van der Waals surface area (Å²) < 4.78 is 0. The molecule has 0 unspecified atom stereocenters. The van der Waals surface area contributed by atoms with Crippen LogP contribution in [0.1, 0.15) is 24.0 Å². The summed E-state index contributed by atoms with van der Waals surface area (Å²) in [6, 6.07) is 8.46. The molecular formula is C11H14Cl2. The lowest BCUT2D eigenvalue weighted by Gasteiger charge is -2.01. The zero-order valence-electron chi connectivity index (χ0n) is 7.60. The van der Waals surface area contributed by atoms with Gasteiger partial charge in [0.15, 0.2) is 0 Å². The Morgan fingerprint density at radius 2 is 1.46 bits per heavy atom. The minimum atomic E-state index is 0.599. The second-order valence-electron chi connectivity index (χ2n) is 3.10. The summed E-state index contributed by atoms with van der Waals surface area (Å²) in [4.78, 5) is 0. The Morgan fingerprint density at radius 1 is 0.846 bits per heavy atom.